The molecule has 2 fully saturated rings. The van der Waals surface area contributed by atoms with Crippen molar-refractivity contribution in [2.45, 2.75) is 61.9 Å². The van der Waals surface area contributed by atoms with Crippen LogP contribution < -0.4 is 0 Å². The van der Waals surface area contributed by atoms with Gasteiger partial charge >= 0.3 is 0 Å². The van der Waals surface area contributed by atoms with Gasteiger partial charge in [0.05, 0.1) is 6.42 Å². The van der Waals surface area contributed by atoms with Gasteiger partial charge in [-0.1, -0.05) is 49.6 Å². The highest BCUT2D eigenvalue weighted by Gasteiger charge is 2.43. The molecule has 2 aliphatic carbocycles. The van der Waals surface area contributed by atoms with Crippen LogP contribution in [-0.2, 0) is 15.3 Å². The van der Waals surface area contributed by atoms with E-state index in [0.717, 1.165) is 18.6 Å². The predicted molar refractivity (Wildman–Crippen MR) is 90.9 cm³/mol. The summed E-state index contributed by atoms with van der Waals surface area (Å²) >= 11 is 2.00. The van der Waals surface area contributed by atoms with Gasteiger partial charge in [0.2, 0.25) is 0 Å². The van der Waals surface area contributed by atoms with Gasteiger partial charge in [-0.15, -0.1) is 0 Å². The first-order valence-corrected chi connectivity index (χ1v) is 9.38. The van der Waals surface area contributed by atoms with Crippen LogP contribution in [0.15, 0.2) is 30.3 Å². The van der Waals surface area contributed by atoms with E-state index in [1.807, 2.05) is 17.8 Å². The zero-order valence-electron chi connectivity index (χ0n) is 13.1. The van der Waals surface area contributed by atoms with E-state index in [1.165, 1.54) is 24.8 Å². The van der Waals surface area contributed by atoms with E-state index in [0.29, 0.717) is 12.8 Å². The summed E-state index contributed by atoms with van der Waals surface area (Å²) in [5.41, 5.74) is 1.34. The average molecular weight is 316 g/mol. The molecule has 1 aromatic rings. The van der Waals surface area contributed by atoms with Crippen molar-refractivity contribution in [3.8, 4) is 0 Å². The van der Waals surface area contributed by atoms with Gasteiger partial charge in [-0.3, -0.25) is 9.59 Å². The third-order valence-electron chi connectivity index (χ3n) is 5.16. The molecule has 3 heteroatoms. The number of thioether (sulfide) groups is 1. The summed E-state index contributed by atoms with van der Waals surface area (Å²) in [6, 6.07) is 10.5. The lowest BCUT2D eigenvalue weighted by molar-refractivity contribution is -0.131. The molecule has 0 aliphatic heterocycles. The summed E-state index contributed by atoms with van der Waals surface area (Å²) in [7, 11) is 0. The van der Waals surface area contributed by atoms with E-state index < -0.39 is 0 Å². The van der Waals surface area contributed by atoms with Gasteiger partial charge in [0.25, 0.3) is 0 Å². The van der Waals surface area contributed by atoms with Crippen LogP contribution in [0.25, 0.3) is 0 Å². The number of hydrogen-bond acceptors (Lipinski definition) is 3. The normalized spacial score (nSPS) is 22.7. The first kappa shape index (κ1) is 15.8. The van der Waals surface area contributed by atoms with Crippen molar-refractivity contribution >= 4 is 23.3 Å². The van der Waals surface area contributed by atoms with Crippen molar-refractivity contribution in [2.24, 2.45) is 5.92 Å². The van der Waals surface area contributed by atoms with Gasteiger partial charge in [-0.05, 0) is 24.3 Å². The minimum Gasteiger partial charge on any atom is -0.299 e. The average Bonchev–Trinajstić information content (AvgIpc) is 2.54. The van der Waals surface area contributed by atoms with Crippen LogP contribution in [-0.4, -0.2) is 16.3 Å². The molecule has 0 radical (unpaired) electrons. The van der Waals surface area contributed by atoms with Gasteiger partial charge < -0.3 is 0 Å². The first-order chi connectivity index (χ1) is 10.7. The van der Waals surface area contributed by atoms with Crippen molar-refractivity contribution in [1.29, 1.82) is 0 Å². The maximum atomic E-state index is 11.9. The minimum atomic E-state index is 0.139. The van der Waals surface area contributed by atoms with Gasteiger partial charge in [0.15, 0.2) is 0 Å². The summed E-state index contributed by atoms with van der Waals surface area (Å²) in [6.07, 6.45) is 7.51. The molecule has 0 amide bonds. The van der Waals surface area contributed by atoms with E-state index in [4.69, 9.17) is 0 Å². The monoisotopic (exact) mass is 316 g/mol. The molecular formula is C19H24O2S. The molecule has 2 saturated carbocycles. The number of ketones is 2. The molecule has 22 heavy (non-hydrogen) atoms. The lowest BCUT2D eigenvalue weighted by Gasteiger charge is -2.44. The second kappa shape index (κ2) is 6.99. The Morgan fingerprint density at radius 3 is 2.23 bits per heavy atom. The second-order valence-electron chi connectivity index (χ2n) is 6.76. The fourth-order valence-electron chi connectivity index (χ4n) is 3.98. The van der Waals surface area contributed by atoms with Crippen LogP contribution in [0, 0.1) is 5.92 Å². The number of Topliss-reactive ketones (excluding diaryl/α,β-unsaturated/α-hetero) is 2. The van der Waals surface area contributed by atoms with Gasteiger partial charge in [-0.25, -0.2) is 0 Å². The molecule has 0 N–H and O–H groups in total. The fourth-order valence-corrected chi connectivity index (χ4v) is 5.61. The zero-order valence-corrected chi connectivity index (χ0v) is 13.9. The molecule has 3 rings (SSSR count). The molecule has 0 spiro atoms. The highest BCUT2D eigenvalue weighted by Crippen LogP contribution is 2.50. The maximum Gasteiger partial charge on any atom is 0.140 e. The van der Waals surface area contributed by atoms with Gasteiger partial charge in [-0.2, -0.15) is 11.8 Å². The summed E-state index contributed by atoms with van der Waals surface area (Å²) < 4.78 is 0.139. The predicted octanol–water partition coefficient (Wildman–Crippen LogP) is 4.56. The summed E-state index contributed by atoms with van der Waals surface area (Å²) in [6.45, 7) is 0. The topological polar surface area (TPSA) is 34.1 Å². The Labute approximate surface area is 137 Å². The van der Waals surface area contributed by atoms with E-state index >= 15 is 0 Å². The van der Waals surface area contributed by atoms with Crippen LogP contribution in [0.2, 0.25) is 0 Å². The summed E-state index contributed by atoms with van der Waals surface area (Å²) in [5, 5.41) is 0. The van der Waals surface area contributed by atoms with E-state index in [9.17, 15) is 9.59 Å². The van der Waals surface area contributed by atoms with Crippen molar-refractivity contribution in [1.82, 2.24) is 0 Å². The fraction of sp³-hybridized carbons (Fsp3) is 0.579. The number of rotatable bonds is 4. The van der Waals surface area contributed by atoms with E-state index in [2.05, 4.69) is 24.3 Å². The van der Waals surface area contributed by atoms with E-state index in [-0.39, 0.29) is 28.7 Å². The van der Waals surface area contributed by atoms with Gasteiger partial charge in [0, 0.05) is 23.3 Å². The Balaban J connectivity index is 1.75. The molecule has 0 heterocycles. The Morgan fingerprint density at radius 2 is 1.59 bits per heavy atom. The summed E-state index contributed by atoms with van der Waals surface area (Å²) in [5.74, 6) is 1.56. The van der Waals surface area contributed by atoms with Crippen molar-refractivity contribution < 1.29 is 9.59 Å². The minimum absolute atomic E-state index is 0.139. The third-order valence-corrected chi connectivity index (χ3v) is 6.95. The van der Waals surface area contributed by atoms with Crippen molar-refractivity contribution in [3.63, 3.8) is 0 Å². The molecule has 0 saturated heterocycles. The highest BCUT2D eigenvalue weighted by molar-refractivity contribution is 7.99. The Morgan fingerprint density at radius 1 is 0.955 bits per heavy atom. The van der Waals surface area contributed by atoms with Crippen LogP contribution in [0.5, 0.6) is 0 Å². The molecular weight excluding hydrogens is 292 g/mol. The van der Waals surface area contributed by atoms with E-state index in [1.54, 1.807) is 0 Å². The lowest BCUT2D eigenvalue weighted by atomic mass is 9.72. The van der Waals surface area contributed by atoms with Crippen LogP contribution in [0.1, 0.15) is 56.9 Å². The molecule has 0 bridgehead atoms. The number of hydrogen-bond donors (Lipinski definition) is 0. The molecule has 0 unspecified atom stereocenters. The third kappa shape index (κ3) is 3.62. The second-order valence-corrected chi connectivity index (χ2v) is 8.15. The quantitative estimate of drug-likeness (QED) is 0.764. The molecule has 2 aliphatic rings. The van der Waals surface area contributed by atoms with Gasteiger partial charge in [0.1, 0.15) is 11.6 Å². The smallest absolute Gasteiger partial charge is 0.140 e. The zero-order chi connectivity index (χ0) is 15.4. The molecule has 2 nitrogen and oxygen atoms in total. The Hall–Kier alpha value is -1.09. The van der Waals surface area contributed by atoms with Crippen LogP contribution >= 0.6 is 11.8 Å². The van der Waals surface area contributed by atoms with Crippen LogP contribution in [0.4, 0.5) is 0 Å². The highest BCUT2D eigenvalue weighted by atomic mass is 32.2. The van der Waals surface area contributed by atoms with Crippen molar-refractivity contribution in [3.05, 3.63) is 35.9 Å². The number of carbonyl (C=O) groups excluding carboxylic acids is 2. The maximum absolute atomic E-state index is 11.9. The molecule has 118 valence electrons. The molecule has 1 aromatic carbocycles. The lowest BCUT2D eigenvalue weighted by Crippen LogP contribution is -2.42. The standard InChI is InChI=1S/C19H24O2S/c20-17-11-16(12-18(21)13-17)19(9-5-2-6-10-19)22-14-15-7-3-1-4-8-15/h1,3-4,7-8,16H,2,5-6,9-14H2. The molecule has 0 atom stereocenters. The number of benzene rings is 1. The van der Waals surface area contributed by atoms with Crippen molar-refractivity contribution in [2.75, 3.05) is 0 Å². The molecule has 0 aromatic heterocycles. The SMILES string of the molecule is O=C1CC(=O)CC(C2(SCc3ccccc3)CCCCC2)C1. The Bertz CT molecular complexity index is 516. The summed E-state index contributed by atoms with van der Waals surface area (Å²) in [4.78, 5) is 23.8. The Kier molecular flexibility index (Phi) is 5.02. The number of carbonyl (C=O) groups is 2. The first-order valence-electron chi connectivity index (χ1n) is 8.39. The largest absolute Gasteiger partial charge is 0.299 e. The van der Waals surface area contributed by atoms with Crippen LogP contribution in [0.3, 0.4) is 0 Å².